The van der Waals surface area contributed by atoms with Gasteiger partial charge in [0.2, 0.25) is 0 Å². The Bertz CT molecular complexity index is 526. The SMILES string of the molecule is Cc1ccc(CNCC(C)CN(C)C(=O)OC(C)(C)C)cc1Br. The van der Waals surface area contributed by atoms with Gasteiger partial charge in [-0.05, 0) is 57.4 Å². The molecule has 0 saturated heterocycles. The normalized spacial score (nSPS) is 12.8. The van der Waals surface area contributed by atoms with Gasteiger partial charge in [0.1, 0.15) is 5.60 Å². The highest BCUT2D eigenvalue weighted by molar-refractivity contribution is 9.10. The number of carbonyl (C=O) groups is 1. The van der Waals surface area contributed by atoms with Gasteiger partial charge in [-0.25, -0.2) is 4.79 Å². The van der Waals surface area contributed by atoms with Crippen molar-refractivity contribution in [1.29, 1.82) is 0 Å². The predicted octanol–water partition coefficient (Wildman–Crippen LogP) is 4.35. The fraction of sp³-hybridized carbons (Fsp3) is 0.611. The minimum atomic E-state index is -0.453. The van der Waals surface area contributed by atoms with Crippen molar-refractivity contribution in [2.45, 2.75) is 46.8 Å². The van der Waals surface area contributed by atoms with Crippen molar-refractivity contribution in [3.8, 4) is 0 Å². The first kappa shape index (κ1) is 20.0. The highest BCUT2D eigenvalue weighted by Crippen LogP contribution is 2.17. The highest BCUT2D eigenvalue weighted by atomic mass is 79.9. The molecule has 0 aliphatic rings. The number of benzene rings is 1. The Labute approximate surface area is 148 Å². The molecule has 0 aliphatic heterocycles. The number of ether oxygens (including phenoxy) is 1. The van der Waals surface area contributed by atoms with E-state index in [1.165, 1.54) is 11.1 Å². The zero-order chi connectivity index (χ0) is 17.6. The molecule has 1 aromatic rings. The Morgan fingerprint density at radius 1 is 1.39 bits per heavy atom. The lowest BCUT2D eigenvalue weighted by molar-refractivity contribution is 0.0277. The second-order valence-corrected chi connectivity index (χ2v) is 8.03. The molecule has 1 unspecified atom stereocenters. The third kappa shape index (κ3) is 7.84. The number of hydrogen-bond donors (Lipinski definition) is 1. The van der Waals surface area contributed by atoms with Crippen LogP contribution in [0.3, 0.4) is 0 Å². The third-order valence-corrected chi connectivity index (χ3v) is 4.20. The number of hydrogen-bond acceptors (Lipinski definition) is 3. The number of halogens is 1. The second-order valence-electron chi connectivity index (χ2n) is 7.18. The Balaban J connectivity index is 2.34. The van der Waals surface area contributed by atoms with Gasteiger partial charge in [0, 0.05) is 24.6 Å². The monoisotopic (exact) mass is 384 g/mol. The third-order valence-electron chi connectivity index (χ3n) is 3.35. The summed E-state index contributed by atoms with van der Waals surface area (Å²) in [4.78, 5) is 13.6. The lowest BCUT2D eigenvalue weighted by atomic mass is 10.1. The van der Waals surface area contributed by atoms with E-state index in [1.54, 1.807) is 11.9 Å². The van der Waals surface area contributed by atoms with Crippen molar-refractivity contribution >= 4 is 22.0 Å². The molecule has 1 N–H and O–H groups in total. The zero-order valence-electron chi connectivity index (χ0n) is 15.1. The van der Waals surface area contributed by atoms with Gasteiger partial charge in [-0.3, -0.25) is 0 Å². The zero-order valence-corrected chi connectivity index (χ0v) is 16.7. The molecule has 1 aromatic carbocycles. The summed E-state index contributed by atoms with van der Waals surface area (Å²) in [5.41, 5.74) is 2.03. The number of aryl methyl sites for hydroxylation is 1. The van der Waals surface area contributed by atoms with E-state index in [2.05, 4.69) is 53.3 Å². The maximum absolute atomic E-state index is 11.9. The van der Waals surface area contributed by atoms with E-state index in [0.29, 0.717) is 12.5 Å². The summed E-state index contributed by atoms with van der Waals surface area (Å²) in [5, 5.41) is 3.44. The van der Waals surface area contributed by atoms with E-state index in [1.807, 2.05) is 20.8 Å². The van der Waals surface area contributed by atoms with Crippen LogP contribution in [0.2, 0.25) is 0 Å². The maximum atomic E-state index is 11.9. The van der Waals surface area contributed by atoms with E-state index >= 15 is 0 Å². The van der Waals surface area contributed by atoms with Crippen molar-refractivity contribution in [3.05, 3.63) is 33.8 Å². The van der Waals surface area contributed by atoms with Gasteiger partial charge in [-0.15, -0.1) is 0 Å². The Morgan fingerprint density at radius 3 is 2.61 bits per heavy atom. The molecule has 0 fully saturated rings. The van der Waals surface area contributed by atoms with Crippen molar-refractivity contribution < 1.29 is 9.53 Å². The number of rotatable bonds is 6. The minimum absolute atomic E-state index is 0.271. The first-order valence-electron chi connectivity index (χ1n) is 7.98. The molecule has 23 heavy (non-hydrogen) atoms. The van der Waals surface area contributed by atoms with Crippen molar-refractivity contribution in [2.24, 2.45) is 5.92 Å². The topological polar surface area (TPSA) is 41.6 Å². The lowest BCUT2D eigenvalue weighted by Gasteiger charge is -2.26. The molecule has 0 aliphatic carbocycles. The number of carbonyl (C=O) groups excluding carboxylic acids is 1. The van der Waals surface area contributed by atoms with Crippen LogP contribution in [0.1, 0.15) is 38.8 Å². The van der Waals surface area contributed by atoms with Crippen molar-refractivity contribution in [1.82, 2.24) is 10.2 Å². The van der Waals surface area contributed by atoms with Crippen molar-refractivity contribution in [2.75, 3.05) is 20.1 Å². The average molecular weight is 385 g/mol. The molecular formula is C18H29BrN2O2. The Morgan fingerprint density at radius 2 is 2.04 bits per heavy atom. The molecule has 0 spiro atoms. The molecule has 0 heterocycles. The summed E-state index contributed by atoms with van der Waals surface area (Å²) in [6.07, 6.45) is -0.271. The molecule has 0 saturated carbocycles. The summed E-state index contributed by atoms with van der Waals surface area (Å²) < 4.78 is 6.49. The fourth-order valence-electron chi connectivity index (χ4n) is 2.16. The van der Waals surface area contributed by atoms with Gasteiger partial charge >= 0.3 is 6.09 Å². The molecule has 0 bridgehead atoms. The summed E-state index contributed by atoms with van der Waals surface area (Å²) in [5.74, 6) is 0.349. The summed E-state index contributed by atoms with van der Waals surface area (Å²) >= 11 is 3.55. The van der Waals surface area contributed by atoms with Gasteiger partial charge in [0.05, 0.1) is 0 Å². The number of amides is 1. The van der Waals surface area contributed by atoms with Crippen LogP contribution in [0, 0.1) is 12.8 Å². The average Bonchev–Trinajstić information content (AvgIpc) is 2.40. The van der Waals surface area contributed by atoms with E-state index in [4.69, 9.17) is 4.74 Å². The number of nitrogens with zero attached hydrogens (tertiary/aromatic N) is 1. The van der Waals surface area contributed by atoms with Gasteiger partial charge in [-0.1, -0.05) is 35.0 Å². The largest absolute Gasteiger partial charge is 0.444 e. The first-order valence-corrected chi connectivity index (χ1v) is 8.77. The van der Waals surface area contributed by atoms with Crippen LogP contribution in [-0.4, -0.2) is 36.7 Å². The summed E-state index contributed by atoms with van der Waals surface area (Å²) in [6, 6.07) is 6.38. The van der Waals surface area contributed by atoms with Crippen LogP contribution in [0.15, 0.2) is 22.7 Å². The molecule has 5 heteroatoms. The molecular weight excluding hydrogens is 356 g/mol. The molecule has 0 aromatic heterocycles. The van der Waals surface area contributed by atoms with E-state index in [-0.39, 0.29) is 6.09 Å². The van der Waals surface area contributed by atoms with Crippen LogP contribution < -0.4 is 5.32 Å². The lowest BCUT2D eigenvalue weighted by Crippen LogP contribution is -2.38. The van der Waals surface area contributed by atoms with Crippen LogP contribution in [0.25, 0.3) is 0 Å². The molecule has 1 amide bonds. The van der Waals surface area contributed by atoms with Crippen molar-refractivity contribution in [3.63, 3.8) is 0 Å². The smallest absolute Gasteiger partial charge is 0.410 e. The van der Waals surface area contributed by atoms with Crippen LogP contribution in [0.5, 0.6) is 0 Å². The second kappa shape index (κ2) is 8.69. The highest BCUT2D eigenvalue weighted by Gasteiger charge is 2.20. The maximum Gasteiger partial charge on any atom is 0.410 e. The van der Waals surface area contributed by atoms with Gasteiger partial charge in [0.15, 0.2) is 0 Å². The molecule has 130 valence electrons. The van der Waals surface area contributed by atoms with Gasteiger partial charge in [-0.2, -0.15) is 0 Å². The first-order chi connectivity index (χ1) is 10.6. The van der Waals surface area contributed by atoms with Crippen LogP contribution >= 0.6 is 15.9 Å². The van der Waals surface area contributed by atoms with E-state index < -0.39 is 5.60 Å². The fourth-order valence-corrected chi connectivity index (χ4v) is 2.58. The number of nitrogens with one attached hydrogen (secondary N) is 1. The molecule has 0 radical (unpaired) electrons. The summed E-state index contributed by atoms with van der Waals surface area (Å²) in [6.45, 7) is 12.2. The van der Waals surface area contributed by atoms with Crippen LogP contribution in [0.4, 0.5) is 4.79 Å². The van der Waals surface area contributed by atoms with E-state index in [9.17, 15) is 4.79 Å². The predicted molar refractivity (Wildman–Crippen MR) is 98.6 cm³/mol. The minimum Gasteiger partial charge on any atom is -0.444 e. The molecule has 4 nitrogen and oxygen atoms in total. The van der Waals surface area contributed by atoms with Gasteiger partial charge < -0.3 is 15.0 Å². The summed E-state index contributed by atoms with van der Waals surface area (Å²) in [7, 11) is 1.78. The van der Waals surface area contributed by atoms with Crippen LogP contribution in [-0.2, 0) is 11.3 Å². The van der Waals surface area contributed by atoms with E-state index in [0.717, 1.165) is 17.6 Å². The molecule has 1 rings (SSSR count). The molecule has 1 atom stereocenters. The quantitative estimate of drug-likeness (QED) is 0.792. The van der Waals surface area contributed by atoms with Gasteiger partial charge in [0.25, 0.3) is 0 Å². The Hall–Kier alpha value is -1.07. The Kier molecular flexibility index (Phi) is 7.55. The standard InChI is InChI=1S/C18H29BrN2O2/c1-13(12-21(6)17(22)23-18(3,4)5)10-20-11-15-8-7-14(2)16(19)9-15/h7-9,13,20H,10-12H2,1-6H3.